The zero-order valence-electron chi connectivity index (χ0n) is 11.3. The number of carbonyl (C=O) groups is 2. The van der Waals surface area contributed by atoms with Gasteiger partial charge >= 0.3 is 0 Å². The molecule has 0 radical (unpaired) electrons. The highest BCUT2D eigenvalue weighted by molar-refractivity contribution is 6.42. The van der Waals surface area contributed by atoms with E-state index in [4.69, 9.17) is 23.2 Å². The van der Waals surface area contributed by atoms with Crippen LogP contribution in [-0.4, -0.2) is 28.8 Å². The van der Waals surface area contributed by atoms with Crippen molar-refractivity contribution in [3.63, 3.8) is 0 Å². The lowest BCUT2D eigenvalue weighted by Crippen LogP contribution is -2.44. The highest BCUT2D eigenvalue weighted by Crippen LogP contribution is 2.24. The third-order valence-electron chi connectivity index (χ3n) is 3.38. The predicted octanol–water partition coefficient (Wildman–Crippen LogP) is 2.62. The Labute approximate surface area is 128 Å². The quantitative estimate of drug-likeness (QED) is 0.912. The number of rotatable bonds is 2. The van der Waals surface area contributed by atoms with Crippen molar-refractivity contribution in [2.24, 2.45) is 0 Å². The summed E-state index contributed by atoms with van der Waals surface area (Å²) in [6, 6.07) is 4.63. The Morgan fingerprint density at radius 2 is 1.95 bits per heavy atom. The van der Waals surface area contributed by atoms with Crippen molar-refractivity contribution in [3.05, 3.63) is 33.8 Å². The van der Waals surface area contributed by atoms with E-state index in [0.717, 1.165) is 5.56 Å². The molecule has 20 heavy (non-hydrogen) atoms. The zero-order valence-corrected chi connectivity index (χ0v) is 12.8. The molecule has 2 unspecified atom stereocenters. The van der Waals surface area contributed by atoms with Crippen LogP contribution in [0.2, 0.25) is 10.0 Å². The first-order valence-corrected chi connectivity index (χ1v) is 7.18. The fourth-order valence-electron chi connectivity index (χ4n) is 2.28. The molecule has 0 bridgehead atoms. The van der Waals surface area contributed by atoms with Gasteiger partial charge in [-0.3, -0.25) is 9.59 Å². The summed E-state index contributed by atoms with van der Waals surface area (Å²) < 4.78 is 0. The summed E-state index contributed by atoms with van der Waals surface area (Å²) in [4.78, 5) is 25.6. The van der Waals surface area contributed by atoms with E-state index in [9.17, 15) is 9.59 Å². The maximum Gasteiger partial charge on any atom is 0.245 e. The minimum atomic E-state index is -0.504. The molecule has 1 fully saturated rings. The monoisotopic (exact) mass is 314 g/mol. The molecule has 4 nitrogen and oxygen atoms in total. The van der Waals surface area contributed by atoms with E-state index < -0.39 is 6.04 Å². The molecule has 1 aromatic rings. The second kappa shape index (κ2) is 6.02. The van der Waals surface area contributed by atoms with E-state index in [1.54, 1.807) is 24.0 Å². The van der Waals surface area contributed by atoms with Gasteiger partial charge in [0.25, 0.3) is 0 Å². The summed E-state index contributed by atoms with van der Waals surface area (Å²) in [5, 5.41) is 3.62. The molecule has 0 aliphatic carbocycles. The molecule has 2 atom stereocenters. The predicted molar refractivity (Wildman–Crippen MR) is 78.7 cm³/mol. The SMILES string of the molecule is CC1NC(=O)CC(C)N(Cc2ccc(Cl)c(Cl)c2)C1=O. The molecule has 0 saturated carbocycles. The van der Waals surface area contributed by atoms with Gasteiger partial charge in [-0.05, 0) is 31.5 Å². The summed E-state index contributed by atoms with van der Waals surface area (Å²) in [7, 11) is 0. The van der Waals surface area contributed by atoms with Gasteiger partial charge in [-0.15, -0.1) is 0 Å². The summed E-state index contributed by atoms with van der Waals surface area (Å²) in [6.07, 6.45) is 0.303. The Morgan fingerprint density at radius 1 is 1.25 bits per heavy atom. The molecular formula is C14H16Cl2N2O2. The van der Waals surface area contributed by atoms with Crippen LogP contribution in [0, 0.1) is 0 Å². The number of hydrogen-bond donors (Lipinski definition) is 1. The van der Waals surface area contributed by atoms with Crippen molar-refractivity contribution in [2.45, 2.75) is 38.9 Å². The van der Waals surface area contributed by atoms with Crippen molar-refractivity contribution >= 4 is 35.0 Å². The molecule has 2 rings (SSSR count). The lowest BCUT2D eigenvalue weighted by molar-refractivity contribution is -0.135. The number of halogens is 2. The molecule has 0 spiro atoms. The Hall–Kier alpha value is -1.26. The van der Waals surface area contributed by atoms with Crippen LogP contribution in [0.1, 0.15) is 25.8 Å². The van der Waals surface area contributed by atoms with Crippen LogP contribution in [0.4, 0.5) is 0 Å². The smallest absolute Gasteiger partial charge is 0.245 e. The fourth-order valence-corrected chi connectivity index (χ4v) is 2.60. The number of carbonyl (C=O) groups excluding carboxylic acids is 2. The van der Waals surface area contributed by atoms with E-state index in [1.165, 1.54) is 0 Å². The summed E-state index contributed by atoms with van der Waals surface area (Å²) in [5.74, 6) is -0.190. The van der Waals surface area contributed by atoms with Crippen LogP contribution in [0.3, 0.4) is 0 Å². The Balaban J connectivity index is 2.22. The van der Waals surface area contributed by atoms with Gasteiger partial charge in [0, 0.05) is 19.0 Å². The number of benzene rings is 1. The molecule has 1 aromatic carbocycles. The standard InChI is InChI=1S/C14H16Cl2N2O2/c1-8-5-13(19)17-9(2)14(20)18(8)7-10-3-4-11(15)12(16)6-10/h3-4,6,8-9H,5,7H2,1-2H3,(H,17,19). The number of nitrogens with one attached hydrogen (secondary N) is 1. The second-order valence-corrected chi connectivity index (χ2v) is 5.87. The third-order valence-corrected chi connectivity index (χ3v) is 4.12. The van der Waals surface area contributed by atoms with Gasteiger partial charge in [0.05, 0.1) is 10.0 Å². The first-order valence-electron chi connectivity index (χ1n) is 6.42. The Bertz CT molecular complexity index is 548. The summed E-state index contributed by atoms with van der Waals surface area (Å²) in [6.45, 7) is 3.98. The molecular weight excluding hydrogens is 299 g/mol. The lowest BCUT2D eigenvalue weighted by Gasteiger charge is -2.28. The second-order valence-electron chi connectivity index (χ2n) is 5.06. The maximum atomic E-state index is 12.3. The topological polar surface area (TPSA) is 49.4 Å². The highest BCUT2D eigenvalue weighted by Gasteiger charge is 2.31. The summed E-state index contributed by atoms with van der Waals surface area (Å²) in [5.41, 5.74) is 0.890. The van der Waals surface area contributed by atoms with Gasteiger partial charge in [-0.25, -0.2) is 0 Å². The van der Waals surface area contributed by atoms with Crippen LogP contribution < -0.4 is 5.32 Å². The van der Waals surface area contributed by atoms with Crippen molar-refractivity contribution < 1.29 is 9.59 Å². The molecule has 108 valence electrons. The first-order chi connectivity index (χ1) is 9.38. The van der Waals surface area contributed by atoms with E-state index in [2.05, 4.69) is 5.32 Å². The van der Waals surface area contributed by atoms with Crippen molar-refractivity contribution in [2.75, 3.05) is 0 Å². The Morgan fingerprint density at radius 3 is 2.60 bits per heavy atom. The molecule has 2 amide bonds. The average Bonchev–Trinajstić information content (AvgIpc) is 2.46. The molecule has 6 heteroatoms. The Kier molecular flexibility index (Phi) is 4.55. The molecule has 1 heterocycles. The summed E-state index contributed by atoms with van der Waals surface area (Å²) >= 11 is 11.9. The van der Waals surface area contributed by atoms with Crippen LogP contribution >= 0.6 is 23.2 Å². The molecule has 1 saturated heterocycles. The van der Waals surface area contributed by atoms with E-state index >= 15 is 0 Å². The normalized spacial score (nSPS) is 23.5. The minimum absolute atomic E-state index is 0.0885. The van der Waals surface area contributed by atoms with Crippen molar-refractivity contribution in [1.82, 2.24) is 10.2 Å². The van der Waals surface area contributed by atoms with Gasteiger partial charge < -0.3 is 10.2 Å². The lowest BCUT2D eigenvalue weighted by atomic mass is 10.1. The number of amides is 2. The number of nitrogens with zero attached hydrogens (tertiary/aromatic N) is 1. The van der Waals surface area contributed by atoms with Crippen LogP contribution in [-0.2, 0) is 16.1 Å². The minimum Gasteiger partial charge on any atom is -0.345 e. The van der Waals surface area contributed by atoms with E-state index in [1.807, 2.05) is 13.0 Å². The van der Waals surface area contributed by atoms with Gasteiger partial charge in [0.1, 0.15) is 6.04 Å². The van der Waals surface area contributed by atoms with Gasteiger partial charge in [-0.1, -0.05) is 29.3 Å². The fraction of sp³-hybridized carbons (Fsp3) is 0.429. The molecule has 1 aliphatic rings. The molecule has 0 aromatic heterocycles. The number of hydrogen-bond acceptors (Lipinski definition) is 2. The van der Waals surface area contributed by atoms with Gasteiger partial charge in [-0.2, -0.15) is 0 Å². The van der Waals surface area contributed by atoms with Crippen LogP contribution in [0.15, 0.2) is 18.2 Å². The largest absolute Gasteiger partial charge is 0.345 e. The average molecular weight is 315 g/mol. The van der Waals surface area contributed by atoms with Gasteiger partial charge in [0.15, 0.2) is 0 Å². The van der Waals surface area contributed by atoms with E-state index in [-0.39, 0.29) is 17.9 Å². The van der Waals surface area contributed by atoms with Crippen LogP contribution in [0.25, 0.3) is 0 Å². The first kappa shape index (κ1) is 15.1. The molecule has 1 aliphatic heterocycles. The van der Waals surface area contributed by atoms with Gasteiger partial charge in [0.2, 0.25) is 11.8 Å². The molecule has 1 N–H and O–H groups in total. The van der Waals surface area contributed by atoms with Crippen LogP contribution in [0.5, 0.6) is 0 Å². The van der Waals surface area contributed by atoms with E-state index in [0.29, 0.717) is 23.0 Å². The van der Waals surface area contributed by atoms with Crippen molar-refractivity contribution in [3.8, 4) is 0 Å². The van der Waals surface area contributed by atoms with Crippen molar-refractivity contribution in [1.29, 1.82) is 0 Å². The third kappa shape index (κ3) is 3.25. The maximum absolute atomic E-state index is 12.3. The zero-order chi connectivity index (χ0) is 14.9. The highest BCUT2D eigenvalue weighted by atomic mass is 35.5.